The van der Waals surface area contributed by atoms with Crippen LogP contribution >= 0.6 is 0 Å². The summed E-state index contributed by atoms with van der Waals surface area (Å²) in [6.45, 7) is 6.60. The van der Waals surface area contributed by atoms with Gasteiger partial charge in [0, 0.05) is 23.2 Å². The summed E-state index contributed by atoms with van der Waals surface area (Å²) in [7, 11) is 0. The molecule has 6 rings (SSSR count). The van der Waals surface area contributed by atoms with E-state index in [1.807, 2.05) is 31.2 Å². The summed E-state index contributed by atoms with van der Waals surface area (Å²) in [5.74, 6) is 1.67. The molecule has 0 bridgehead atoms. The zero-order valence-electron chi connectivity index (χ0n) is 20.5. The van der Waals surface area contributed by atoms with Crippen LogP contribution in [0.15, 0.2) is 70.0 Å². The molecule has 2 aromatic heterocycles. The number of rotatable bonds is 4. The average molecular weight is 479 g/mol. The van der Waals surface area contributed by atoms with E-state index in [2.05, 4.69) is 65.0 Å². The number of aromatic amines is 1. The predicted molar refractivity (Wildman–Crippen MR) is 139 cm³/mol. The molecule has 0 saturated heterocycles. The lowest BCUT2D eigenvalue weighted by molar-refractivity contribution is 0.307. The Morgan fingerprint density at radius 3 is 2.78 bits per heavy atom. The number of hydrogen-bond acceptors (Lipinski definition) is 5. The molecule has 36 heavy (non-hydrogen) atoms. The number of benzene rings is 3. The van der Waals surface area contributed by atoms with Gasteiger partial charge in [-0.25, -0.2) is 9.78 Å². The largest absolute Gasteiger partial charge is 0.488 e. The second-order valence-corrected chi connectivity index (χ2v) is 9.12. The molecule has 1 aliphatic rings. The van der Waals surface area contributed by atoms with E-state index in [4.69, 9.17) is 14.2 Å². The van der Waals surface area contributed by atoms with Crippen LogP contribution < -0.4 is 10.5 Å². The van der Waals surface area contributed by atoms with Crippen LogP contribution in [-0.4, -0.2) is 19.7 Å². The molecule has 0 aliphatic carbocycles. The van der Waals surface area contributed by atoms with Crippen molar-refractivity contribution in [3.8, 4) is 11.4 Å². The summed E-state index contributed by atoms with van der Waals surface area (Å²) in [6.07, 6.45) is 1.89. The van der Waals surface area contributed by atoms with Crippen molar-refractivity contribution in [1.82, 2.24) is 19.7 Å². The van der Waals surface area contributed by atoms with E-state index in [0.717, 1.165) is 74.5 Å². The highest BCUT2D eigenvalue weighted by Crippen LogP contribution is 2.42. The molecule has 7 heteroatoms. The minimum Gasteiger partial charge on any atom is -0.488 e. The Bertz CT molecular complexity index is 1700. The Balaban J connectivity index is 1.60. The van der Waals surface area contributed by atoms with Crippen LogP contribution in [0.3, 0.4) is 0 Å². The lowest BCUT2D eigenvalue weighted by atomic mass is 9.88. The van der Waals surface area contributed by atoms with Crippen LogP contribution in [0.5, 0.6) is 5.75 Å². The minimum absolute atomic E-state index is 0.409. The van der Waals surface area contributed by atoms with Gasteiger partial charge in [0.25, 0.3) is 0 Å². The summed E-state index contributed by atoms with van der Waals surface area (Å²) in [5, 5.41) is 3.97. The molecule has 1 aliphatic heterocycles. The Kier molecular flexibility index (Phi) is 5.33. The van der Waals surface area contributed by atoms with E-state index in [0.29, 0.717) is 12.4 Å². The Labute approximate surface area is 208 Å². The van der Waals surface area contributed by atoms with Crippen LogP contribution in [0.25, 0.3) is 27.9 Å². The normalized spacial score (nSPS) is 14.2. The number of para-hydroxylation sites is 2. The summed E-state index contributed by atoms with van der Waals surface area (Å²) < 4.78 is 13.4. The minimum atomic E-state index is -0.578. The molecule has 180 valence electrons. The molecule has 0 atom stereocenters. The fourth-order valence-electron chi connectivity index (χ4n) is 5.11. The van der Waals surface area contributed by atoms with Gasteiger partial charge in [-0.1, -0.05) is 42.4 Å². The third kappa shape index (κ3) is 3.55. The zero-order valence-corrected chi connectivity index (χ0v) is 20.5. The number of nitrogens with zero attached hydrogens (tertiary/aromatic N) is 3. The van der Waals surface area contributed by atoms with Crippen LogP contribution in [0.2, 0.25) is 0 Å². The van der Waals surface area contributed by atoms with Crippen LogP contribution in [0, 0.1) is 6.92 Å². The summed E-state index contributed by atoms with van der Waals surface area (Å²) in [5.41, 5.74) is 9.05. The van der Waals surface area contributed by atoms with Gasteiger partial charge in [-0.2, -0.15) is 0 Å². The summed E-state index contributed by atoms with van der Waals surface area (Å²) in [6, 6.07) is 20.7. The Morgan fingerprint density at radius 2 is 1.97 bits per heavy atom. The first-order valence-electron chi connectivity index (χ1n) is 12.1. The molecule has 0 spiro atoms. The number of H-pyrrole nitrogens is 1. The highest BCUT2D eigenvalue weighted by atomic mass is 16.5. The van der Waals surface area contributed by atoms with Gasteiger partial charge >= 0.3 is 5.76 Å². The number of aryl methyl sites for hydroxylation is 2. The fourth-order valence-corrected chi connectivity index (χ4v) is 5.11. The quantitative estimate of drug-likeness (QED) is 0.351. The highest BCUT2D eigenvalue weighted by molar-refractivity contribution is 6.00. The van der Waals surface area contributed by atoms with Crippen LogP contribution in [-0.2, 0) is 13.0 Å². The second-order valence-electron chi connectivity index (χ2n) is 9.12. The number of ether oxygens (including phenoxy) is 1. The molecule has 3 heterocycles. The van der Waals surface area contributed by atoms with Crippen LogP contribution in [0.4, 0.5) is 0 Å². The number of aromatic nitrogens is 4. The smallest absolute Gasteiger partial charge is 0.439 e. The SMILES string of the molecule is CCCc1nc2ccccc2n1-c1ccc2c(c1)COc1cccc(C)c1/C2=C(\C)c1noc(=O)[nH]1. The molecule has 0 amide bonds. The second kappa shape index (κ2) is 8.68. The van der Waals surface area contributed by atoms with Crippen molar-refractivity contribution < 1.29 is 9.26 Å². The van der Waals surface area contributed by atoms with Crippen molar-refractivity contribution in [3.05, 3.63) is 105 Å². The van der Waals surface area contributed by atoms with Gasteiger partial charge in [0.1, 0.15) is 18.2 Å². The van der Waals surface area contributed by atoms with Gasteiger partial charge in [-0.05, 0) is 72.9 Å². The summed E-state index contributed by atoms with van der Waals surface area (Å²) >= 11 is 0. The molecule has 0 fully saturated rings. The van der Waals surface area contributed by atoms with Gasteiger partial charge in [0.05, 0.1) is 11.0 Å². The van der Waals surface area contributed by atoms with E-state index >= 15 is 0 Å². The van der Waals surface area contributed by atoms with Crippen LogP contribution in [0.1, 0.15) is 54.2 Å². The number of allylic oxidation sites excluding steroid dienone is 1. The van der Waals surface area contributed by atoms with Crippen molar-refractivity contribution in [1.29, 1.82) is 0 Å². The monoisotopic (exact) mass is 478 g/mol. The van der Waals surface area contributed by atoms with E-state index in [1.165, 1.54) is 0 Å². The van der Waals surface area contributed by atoms with Crippen molar-refractivity contribution in [2.45, 2.75) is 40.2 Å². The van der Waals surface area contributed by atoms with Crippen molar-refractivity contribution in [2.75, 3.05) is 0 Å². The van der Waals surface area contributed by atoms with E-state index < -0.39 is 5.76 Å². The molecular weight excluding hydrogens is 452 g/mol. The maximum Gasteiger partial charge on any atom is 0.439 e. The number of nitrogens with one attached hydrogen (secondary N) is 1. The third-order valence-corrected chi connectivity index (χ3v) is 6.76. The highest BCUT2D eigenvalue weighted by Gasteiger charge is 2.25. The topological polar surface area (TPSA) is 85.9 Å². The Hall–Kier alpha value is -4.39. The number of imidazole rings is 1. The van der Waals surface area contributed by atoms with Gasteiger partial charge in [-0.3, -0.25) is 14.1 Å². The standard InChI is InChI=1S/C29H26N4O3/c1-4-8-25-30-22-10-5-6-11-23(22)33(25)20-13-14-21-19(15-20)16-35-24-12-7-9-17(2)26(24)27(21)18(3)28-31-29(34)36-32-28/h5-7,9-15H,4,8,16H2,1-3H3,(H,31,32,34)/b27-18+. The van der Waals surface area contributed by atoms with Crippen molar-refractivity contribution >= 4 is 22.2 Å². The predicted octanol–water partition coefficient (Wildman–Crippen LogP) is 5.83. The molecule has 3 aromatic carbocycles. The molecule has 0 saturated carbocycles. The molecular formula is C29H26N4O3. The van der Waals surface area contributed by atoms with E-state index in [1.54, 1.807) is 0 Å². The van der Waals surface area contributed by atoms with Crippen molar-refractivity contribution in [2.24, 2.45) is 0 Å². The fraction of sp³-hybridized carbons (Fsp3) is 0.207. The number of hydrogen-bond donors (Lipinski definition) is 1. The first-order chi connectivity index (χ1) is 17.5. The third-order valence-electron chi connectivity index (χ3n) is 6.76. The van der Waals surface area contributed by atoms with E-state index in [9.17, 15) is 4.79 Å². The maximum absolute atomic E-state index is 11.7. The molecule has 0 radical (unpaired) electrons. The summed E-state index contributed by atoms with van der Waals surface area (Å²) in [4.78, 5) is 19.3. The molecule has 7 nitrogen and oxygen atoms in total. The lowest BCUT2D eigenvalue weighted by Crippen LogP contribution is -2.04. The van der Waals surface area contributed by atoms with Gasteiger partial charge in [-0.15, -0.1) is 0 Å². The van der Waals surface area contributed by atoms with Gasteiger partial charge in [0.15, 0.2) is 5.82 Å². The Morgan fingerprint density at radius 1 is 1.11 bits per heavy atom. The van der Waals surface area contributed by atoms with Gasteiger partial charge in [0.2, 0.25) is 0 Å². The first-order valence-corrected chi connectivity index (χ1v) is 12.1. The van der Waals surface area contributed by atoms with E-state index in [-0.39, 0.29) is 0 Å². The number of fused-ring (bicyclic) bond motifs is 3. The first kappa shape index (κ1) is 22.1. The molecule has 1 N–H and O–H groups in total. The van der Waals surface area contributed by atoms with Gasteiger partial charge < -0.3 is 4.74 Å². The maximum atomic E-state index is 11.7. The zero-order chi connectivity index (χ0) is 24.8. The van der Waals surface area contributed by atoms with Crippen molar-refractivity contribution in [3.63, 3.8) is 0 Å². The molecule has 0 unspecified atom stereocenters. The molecule has 5 aromatic rings. The average Bonchev–Trinajstić information content (AvgIpc) is 3.43. The lowest BCUT2D eigenvalue weighted by Gasteiger charge is -2.17.